The molecule has 3 N–H and O–H groups in total. The van der Waals surface area contributed by atoms with Gasteiger partial charge in [-0.15, -0.1) is 11.3 Å². The number of hydrogen-bond acceptors (Lipinski definition) is 6. The monoisotopic (exact) mass is 569 g/mol. The van der Waals surface area contributed by atoms with Crippen LogP contribution < -0.4 is 14.8 Å². The highest BCUT2D eigenvalue weighted by atomic mass is 35.5. The van der Waals surface area contributed by atoms with Crippen molar-refractivity contribution in [2.45, 2.75) is 24.3 Å². The van der Waals surface area contributed by atoms with Crippen LogP contribution in [0.25, 0.3) is 16.7 Å². The predicted octanol–water partition coefficient (Wildman–Crippen LogP) is 3.94. The molecule has 1 saturated heterocycles. The predicted molar refractivity (Wildman–Crippen MR) is 139 cm³/mol. The molecule has 2 heterocycles. The quantitative estimate of drug-likeness (QED) is 0.445. The molecule has 190 valence electrons. The van der Waals surface area contributed by atoms with E-state index in [0.717, 1.165) is 16.4 Å². The Morgan fingerprint density at radius 1 is 1.17 bits per heavy atom. The number of allylic oxidation sites excluding steroid dienone is 1. The Balaban J connectivity index is 1.54. The number of nitrogens with one attached hydrogen (secondary N) is 1. The third kappa shape index (κ3) is 5.69. The highest BCUT2D eigenvalue weighted by Crippen LogP contribution is 2.32. The van der Waals surface area contributed by atoms with Gasteiger partial charge in [0.2, 0.25) is 26.0 Å². The van der Waals surface area contributed by atoms with Crippen molar-refractivity contribution in [1.82, 2.24) is 4.72 Å². The number of sulfonamides is 2. The van der Waals surface area contributed by atoms with E-state index in [4.69, 9.17) is 16.7 Å². The van der Waals surface area contributed by atoms with Crippen molar-refractivity contribution in [2.24, 2.45) is 5.14 Å². The largest absolute Gasteiger partial charge is 0.308 e. The van der Waals surface area contributed by atoms with Crippen molar-refractivity contribution in [3.8, 4) is 11.1 Å². The number of amides is 1. The van der Waals surface area contributed by atoms with E-state index in [2.05, 4.69) is 4.72 Å². The van der Waals surface area contributed by atoms with Crippen LogP contribution in [-0.2, 0) is 24.8 Å². The van der Waals surface area contributed by atoms with E-state index < -0.39 is 37.8 Å². The average molecular weight is 570 g/mol. The van der Waals surface area contributed by atoms with Crippen LogP contribution in [0.3, 0.4) is 0 Å². The second kappa shape index (κ2) is 10.0. The summed E-state index contributed by atoms with van der Waals surface area (Å²) in [6.07, 6.45) is 0.144. The van der Waals surface area contributed by atoms with Crippen LogP contribution in [0, 0.1) is 5.82 Å². The summed E-state index contributed by atoms with van der Waals surface area (Å²) < 4.78 is 67.0. The first kappa shape index (κ1) is 26.5. The summed E-state index contributed by atoms with van der Waals surface area (Å²) in [6.45, 7) is 1.72. The molecule has 0 unspecified atom stereocenters. The Morgan fingerprint density at radius 2 is 1.89 bits per heavy atom. The molecule has 0 spiro atoms. The number of benzene rings is 2. The van der Waals surface area contributed by atoms with Gasteiger partial charge < -0.3 is 4.90 Å². The molecule has 13 heteroatoms. The summed E-state index contributed by atoms with van der Waals surface area (Å²) in [5.41, 5.74) is 0.902. The summed E-state index contributed by atoms with van der Waals surface area (Å²) in [5.74, 6) is -1.36. The lowest BCUT2D eigenvalue weighted by Gasteiger charge is -2.19. The van der Waals surface area contributed by atoms with E-state index >= 15 is 4.39 Å². The van der Waals surface area contributed by atoms with Crippen molar-refractivity contribution in [1.29, 1.82) is 0 Å². The fraction of sp³-hybridized carbons (Fsp3) is 0.174. The molecule has 36 heavy (non-hydrogen) atoms. The molecule has 1 atom stereocenters. The van der Waals surface area contributed by atoms with Gasteiger partial charge in [-0.3, -0.25) is 4.79 Å². The van der Waals surface area contributed by atoms with E-state index in [1.165, 1.54) is 41.7 Å². The van der Waals surface area contributed by atoms with Crippen LogP contribution in [-0.4, -0.2) is 35.3 Å². The van der Waals surface area contributed by atoms with E-state index in [1.807, 2.05) is 0 Å². The molecule has 2 aromatic carbocycles. The van der Waals surface area contributed by atoms with Gasteiger partial charge in [-0.25, -0.2) is 26.4 Å². The molecular formula is C23H21ClFN3O5S3. The Labute approximate surface area is 217 Å². The minimum atomic E-state index is -4.04. The summed E-state index contributed by atoms with van der Waals surface area (Å²) in [7, 11) is -8.01. The number of carbonyl (C=O) groups excluding carboxylic acids is 1. The van der Waals surface area contributed by atoms with Crippen molar-refractivity contribution >= 4 is 60.2 Å². The smallest absolute Gasteiger partial charge is 0.245 e. The summed E-state index contributed by atoms with van der Waals surface area (Å²) in [4.78, 5) is 14.6. The SMILES string of the molecule is CC(=CS(=O)(=O)N[C@H]1CCN(c2ccc(-c3ccccc3S(N)(=O)=O)cc2F)C1=O)c1ccc(Cl)s1. The first-order valence-electron chi connectivity index (χ1n) is 10.6. The van der Waals surface area contributed by atoms with Gasteiger partial charge in [0.1, 0.15) is 11.9 Å². The summed E-state index contributed by atoms with van der Waals surface area (Å²) in [5, 5.41) is 6.30. The molecule has 4 rings (SSSR count). The molecule has 1 fully saturated rings. The second-order valence-electron chi connectivity index (χ2n) is 8.11. The third-order valence-electron chi connectivity index (χ3n) is 5.55. The van der Waals surface area contributed by atoms with Gasteiger partial charge in [-0.1, -0.05) is 35.9 Å². The van der Waals surface area contributed by atoms with Crippen molar-refractivity contribution in [3.63, 3.8) is 0 Å². The lowest BCUT2D eigenvalue weighted by molar-refractivity contribution is -0.118. The van der Waals surface area contributed by atoms with Crippen molar-refractivity contribution in [2.75, 3.05) is 11.4 Å². The molecule has 3 aromatic rings. The maximum atomic E-state index is 15.1. The van der Waals surface area contributed by atoms with Crippen LogP contribution in [0.1, 0.15) is 18.2 Å². The Hall–Kier alpha value is -2.61. The zero-order valence-corrected chi connectivity index (χ0v) is 22.0. The van der Waals surface area contributed by atoms with Crippen LogP contribution in [0.2, 0.25) is 4.34 Å². The fourth-order valence-corrected chi connectivity index (χ4v) is 7.05. The highest BCUT2D eigenvalue weighted by Gasteiger charge is 2.36. The van der Waals surface area contributed by atoms with Crippen molar-refractivity contribution < 1.29 is 26.0 Å². The molecule has 1 aromatic heterocycles. The zero-order valence-electron chi connectivity index (χ0n) is 18.8. The first-order valence-corrected chi connectivity index (χ1v) is 14.8. The zero-order chi connectivity index (χ0) is 26.3. The number of nitrogens with two attached hydrogens (primary N) is 1. The molecule has 0 bridgehead atoms. The van der Waals surface area contributed by atoms with Crippen LogP contribution in [0.5, 0.6) is 0 Å². The van der Waals surface area contributed by atoms with Gasteiger partial charge in [0, 0.05) is 17.0 Å². The number of rotatable bonds is 7. The normalized spacial score (nSPS) is 17.1. The summed E-state index contributed by atoms with van der Waals surface area (Å²) >= 11 is 7.13. The van der Waals surface area contributed by atoms with E-state index in [1.54, 1.807) is 25.1 Å². The van der Waals surface area contributed by atoms with E-state index in [-0.39, 0.29) is 34.7 Å². The third-order valence-corrected chi connectivity index (χ3v) is 9.16. The minimum Gasteiger partial charge on any atom is -0.308 e. The van der Waals surface area contributed by atoms with Gasteiger partial charge in [-0.05, 0) is 54.8 Å². The molecule has 1 aliphatic heterocycles. The maximum absolute atomic E-state index is 15.1. The van der Waals surface area contributed by atoms with Gasteiger partial charge in [-0.2, -0.15) is 4.72 Å². The van der Waals surface area contributed by atoms with E-state index in [0.29, 0.717) is 14.8 Å². The Morgan fingerprint density at radius 3 is 2.53 bits per heavy atom. The molecular weight excluding hydrogens is 549 g/mol. The molecule has 8 nitrogen and oxygen atoms in total. The lowest BCUT2D eigenvalue weighted by atomic mass is 10.0. The number of thiophene rings is 1. The van der Waals surface area contributed by atoms with Crippen LogP contribution in [0.15, 0.2) is 64.9 Å². The average Bonchev–Trinajstić information content (AvgIpc) is 3.38. The fourth-order valence-electron chi connectivity index (χ4n) is 3.92. The number of primary sulfonamides is 1. The van der Waals surface area contributed by atoms with Crippen molar-refractivity contribution in [3.05, 3.63) is 75.0 Å². The number of halogens is 2. The molecule has 0 radical (unpaired) electrons. The topological polar surface area (TPSA) is 127 Å². The standard InChI is InChI=1S/C23H21ClFN3O5S3/c1-14(20-8-9-22(24)34-20)13-35(30,31)27-18-10-11-28(23(18)29)19-7-6-15(12-17(19)25)16-4-2-3-5-21(16)36(26,32)33/h2-9,12-13,18,27H,10-11H2,1H3,(H2,26,32,33)/t18-/m0/s1. The molecule has 0 saturated carbocycles. The lowest BCUT2D eigenvalue weighted by Crippen LogP contribution is -2.41. The van der Waals surface area contributed by atoms with Crippen LogP contribution >= 0.6 is 22.9 Å². The minimum absolute atomic E-state index is 0.0431. The van der Waals surface area contributed by atoms with Gasteiger partial charge in [0.25, 0.3) is 0 Å². The van der Waals surface area contributed by atoms with Gasteiger partial charge >= 0.3 is 0 Å². The van der Waals surface area contributed by atoms with Crippen LogP contribution in [0.4, 0.5) is 10.1 Å². The summed E-state index contributed by atoms with van der Waals surface area (Å²) in [6, 6.07) is 12.2. The number of nitrogens with zero attached hydrogens (tertiary/aromatic N) is 1. The number of anilines is 1. The van der Waals surface area contributed by atoms with Gasteiger partial charge in [0.15, 0.2) is 0 Å². The highest BCUT2D eigenvalue weighted by molar-refractivity contribution is 7.92. The Bertz CT molecular complexity index is 1590. The molecule has 1 aliphatic rings. The molecule has 1 amide bonds. The molecule has 0 aliphatic carbocycles. The Kier molecular flexibility index (Phi) is 7.37. The number of carbonyl (C=O) groups is 1. The number of hydrogen-bond donors (Lipinski definition) is 2. The van der Waals surface area contributed by atoms with Gasteiger partial charge in [0.05, 0.1) is 20.3 Å². The maximum Gasteiger partial charge on any atom is 0.245 e. The second-order valence-corrected chi connectivity index (χ2v) is 12.9. The first-order chi connectivity index (χ1) is 16.9. The van der Waals surface area contributed by atoms with E-state index in [9.17, 15) is 21.6 Å².